The molecule has 0 amide bonds. The average molecular weight is 350 g/mol. The summed E-state index contributed by atoms with van der Waals surface area (Å²) in [6.45, 7) is 0. The molecular formula is C9H5BrF5NO3. The lowest BCUT2D eigenvalue weighted by Gasteiger charge is -2.13. The molecule has 0 aliphatic heterocycles. The van der Waals surface area contributed by atoms with Crippen molar-refractivity contribution >= 4 is 21.9 Å². The molecule has 0 spiro atoms. The number of halogens is 6. The third-order valence-electron chi connectivity index (χ3n) is 1.91. The number of ether oxygens (including phenoxy) is 1. The van der Waals surface area contributed by atoms with Crippen LogP contribution in [0.2, 0.25) is 0 Å². The Morgan fingerprint density at radius 1 is 1.47 bits per heavy atom. The quantitative estimate of drug-likeness (QED) is 0.667. The van der Waals surface area contributed by atoms with Crippen molar-refractivity contribution in [2.75, 3.05) is 0 Å². The van der Waals surface area contributed by atoms with Gasteiger partial charge in [0.1, 0.15) is 0 Å². The summed E-state index contributed by atoms with van der Waals surface area (Å²) in [5.74, 6) is -2.98. The molecule has 0 radical (unpaired) electrons. The van der Waals surface area contributed by atoms with Crippen molar-refractivity contribution in [3.63, 3.8) is 0 Å². The summed E-state index contributed by atoms with van der Waals surface area (Å²) in [6, 6.07) is 0.607. The Hall–Kier alpha value is -1.45. The normalized spacial score (nSPS) is 11.7. The number of carboxylic acids is 1. The number of hydrogen-bond acceptors (Lipinski definition) is 3. The number of carboxylic acid groups (broad SMARTS) is 1. The van der Waals surface area contributed by atoms with Gasteiger partial charge in [-0.3, -0.25) is 0 Å². The van der Waals surface area contributed by atoms with E-state index < -0.39 is 35.9 Å². The molecule has 1 rings (SSSR count). The number of nitrogens with zero attached hydrogens (tertiary/aromatic N) is 1. The van der Waals surface area contributed by atoms with Crippen molar-refractivity contribution in [3.05, 3.63) is 22.9 Å². The Kier molecular flexibility index (Phi) is 4.66. The van der Waals surface area contributed by atoms with Crippen LogP contribution in [0.1, 0.15) is 28.0 Å². The van der Waals surface area contributed by atoms with Gasteiger partial charge in [-0.2, -0.15) is 0 Å². The third kappa shape index (κ3) is 4.01. The predicted octanol–water partition coefficient (Wildman–Crippen LogP) is 3.51. The molecule has 0 aliphatic carbocycles. The zero-order valence-electron chi connectivity index (χ0n) is 8.84. The van der Waals surface area contributed by atoms with Gasteiger partial charge < -0.3 is 9.84 Å². The maximum absolute atomic E-state index is 12.7. The third-order valence-corrected chi connectivity index (χ3v) is 2.51. The van der Waals surface area contributed by atoms with Crippen LogP contribution in [0.15, 0.2) is 6.07 Å². The second-order valence-electron chi connectivity index (χ2n) is 3.17. The van der Waals surface area contributed by atoms with Crippen LogP contribution in [0.3, 0.4) is 0 Å². The summed E-state index contributed by atoms with van der Waals surface area (Å²) < 4.78 is 64.9. The average Bonchev–Trinajstić information content (AvgIpc) is 2.24. The van der Waals surface area contributed by atoms with Crippen molar-refractivity contribution in [1.82, 2.24) is 4.98 Å². The largest absolute Gasteiger partial charge is 0.574 e. The van der Waals surface area contributed by atoms with E-state index in [1.54, 1.807) is 0 Å². The summed E-state index contributed by atoms with van der Waals surface area (Å²) in [5, 5.41) is 8.44. The maximum Gasteiger partial charge on any atom is 0.574 e. The fourth-order valence-electron chi connectivity index (χ4n) is 1.27. The first kappa shape index (κ1) is 15.6. The highest BCUT2D eigenvalue weighted by Crippen LogP contribution is 2.31. The minimum absolute atomic E-state index is 0.274. The molecule has 0 bridgehead atoms. The highest BCUT2D eigenvalue weighted by Gasteiger charge is 2.33. The molecule has 4 nitrogen and oxygen atoms in total. The molecule has 0 unspecified atom stereocenters. The summed E-state index contributed by atoms with van der Waals surface area (Å²) in [4.78, 5) is 13.7. The molecule has 1 N–H and O–H groups in total. The number of aromatic nitrogens is 1. The molecule has 106 valence electrons. The van der Waals surface area contributed by atoms with E-state index in [-0.39, 0.29) is 10.9 Å². The topological polar surface area (TPSA) is 59.4 Å². The highest BCUT2D eigenvalue weighted by atomic mass is 79.9. The number of rotatable bonds is 4. The SMILES string of the molecule is O=C(O)c1nc(OC(F)(F)F)cc(CBr)c1C(F)F. The van der Waals surface area contributed by atoms with E-state index in [4.69, 9.17) is 5.11 Å². The Labute approximate surface area is 111 Å². The van der Waals surface area contributed by atoms with Crippen molar-refractivity contribution < 1.29 is 36.6 Å². The van der Waals surface area contributed by atoms with E-state index in [1.807, 2.05) is 0 Å². The van der Waals surface area contributed by atoms with Gasteiger partial charge in [-0.05, 0) is 5.56 Å². The summed E-state index contributed by atoms with van der Waals surface area (Å²) in [5.41, 5.74) is -2.47. The second-order valence-corrected chi connectivity index (χ2v) is 3.73. The number of aromatic carboxylic acids is 1. The minimum atomic E-state index is -5.10. The van der Waals surface area contributed by atoms with Gasteiger partial charge in [-0.25, -0.2) is 18.6 Å². The Morgan fingerprint density at radius 3 is 2.42 bits per heavy atom. The Balaban J connectivity index is 3.40. The van der Waals surface area contributed by atoms with Gasteiger partial charge in [0.05, 0.1) is 5.56 Å². The number of hydrogen-bond donors (Lipinski definition) is 1. The van der Waals surface area contributed by atoms with E-state index >= 15 is 0 Å². The molecule has 0 aliphatic rings. The summed E-state index contributed by atoms with van der Waals surface area (Å²) in [7, 11) is 0. The van der Waals surface area contributed by atoms with E-state index in [0.717, 1.165) is 0 Å². The molecule has 0 aromatic carbocycles. The van der Waals surface area contributed by atoms with Crippen LogP contribution >= 0.6 is 15.9 Å². The Bertz CT molecular complexity index is 491. The smallest absolute Gasteiger partial charge is 0.476 e. The molecule has 0 saturated carbocycles. The van der Waals surface area contributed by atoms with Crippen molar-refractivity contribution in [3.8, 4) is 5.88 Å². The van der Waals surface area contributed by atoms with E-state index in [1.165, 1.54) is 0 Å². The first-order chi connectivity index (χ1) is 8.65. The molecule has 19 heavy (non-hydrogen) atoms. The zero-order chi connectivity index (χ0) is 14.8. The molecule has 0 saturated heterocycles. The lowest BCUT2D eigenvalue weighted by molar-refractivity contribution is -0.276. The molecule has 0 fully saturated rings. The van der Waals surface area contributed by atoms with Gasteiger partial charge in [-0.1, -0.05) is 15.9 Å². The fraction of sp³-hybridized carbons (Fsp3) is 0.333. The molecule has 10 heteroatoms. The Morgan fingerprint density at radius 2 is 2.05 bits per heavy atom. The number of alkyl halides is 6. The summed E-state index contributed by atoms with van der Waals surface area (Å²) >= 11 is 2.78. The first-order valence-electron chi connectivity index (χ1n) is 4.52. The second kappa shape index (κ2) is 5.68. The maximum atomic E-state index is 12.7. The lowest BCUT2D eigenvalue weighted by Crippen LogP contribution is -2.20. The van der Waals surface area contributed by atoms with E-state index in [2.05, 4.69) is 25.7 Å². The highest BCUT2D eigenvalue weighted by molar-refractivity contribution is 9.08. The number of pyridine rings is 1. The standard InChI is InChI=1S/C9H5BrF5NO3/c10-2-3-1-4(19-9(13,14)15)16-6(8(17)18)5(3)7(11)12/h1,7H,2H2,(H,17,18). The van der Waals surface area contributed by atoms with Crippen LogP contribution in [0.4, 0.5) is 22.0 Å². The molecule has 1 heterocycles. The van der Waals surface area contributed by atoms with Crippen LogP contribution < -0.4 is 4.74 Å². The van der Waals surface area contributed by atoms with Gasteiger partial charge in [-0.15, -0.1) is 13.2 Å². The number of carbonyl (C=O) groups is 1. The molecule has 1 aromatic rings. The van der Waals surface area contributed by atoms with Gasteiger partial charge in [0.15, 0.2) is 5.69 Å². The zero-order valence-corrected chi connectivity index (χ0v) is 10.4. The van der Waals surface area contributed by atoms with Crippen LogP contribution in [0, 0.1) is 0 Å². The molecular weight excluding hydrogens is 345 g/mol. The fourth-order valence-corrected chi connectivity index (χ4v) is 1.73. The van der Waals surface area contributed by atoms with E-state index in [0.29, 0.717) is 6.07 Å². The van der Waals surface area contributed by atoms with Crippen molar-refractivity contribution in [2.24, 2.45) is 0 Å². The van der Waals surface area contributed by atoms with Gasteiger partial charge >= 0.3 is 12.3 Å². The van der Waals surface area contributed by atoms with Crippen molar-refractivity contribution in [1.29, 1.82) is 0 Å². The first-order valence-corrected chi connectivity index (χ1v) is 5.64. The monoisotopic (exact) mass is 349 g/mol. The molecule has 0 atom stereocenters. The van der Waals surface area contributed by atoms with E-state index in [9.17, 15) is 26.7 Å². The van der Waals surface area contributed by atoms with Crippen LogP contribution in [-0.2, 0) is 5.33 Å². The van der Waals surface area contributed by atoms with Crippen LogP contribution in [0.25, 0.3) is 0 Å². The van der Waals surface area contributed by atoms with Gasteiger partial charge in [0.2, 0.25) is 5.88 Å². The van der Waals surface area contributed by atoms with Gasteiger partial charge in [0, 0.05) is 11.4 Å². The van der Waals surface area contributed by atoms with Crippen LogP contribution in [-0.4, -0.2) is 22.4 Å². The van der Waals surface area contributed by atoms with Crippen LogP contribution in [0.5, 0.6) is 5.88 Å². The predicted molar refractivity (Wildman–Crippen MR) is 55.5 cm³/mol. The summed E-state index contributed by atoms with van der Waals surface area (Å²) in [6.07, 6.45) is -8.29. The molecule has 1 aromatic heterocycles. The van der Waals surface area contributed by atoms with Gasteiger partial charge in [0.25, 0.3) is 6.43 Å². The minimum Gasteiger partial charge on any atom is -0.476 e. The lowest BCUT2D eigenvalue weighted by atomic mass is 10.1. The van der Waals surface area contributed by atoms with Crippen molar-refractivity contribution in [2.45, 2.75) is 18.1 Å².